The van der Waals surface area contributed by atoms with Crippen LogP contribution in [0, 0.1) is 13.8 Å². The average Bonchev–Trinajstić information content (AvgIpc) is 2.55. The molecule has 23 heavy (non-hydrogen) atoms. The second-order valence-electron chi connectivity index (χ2n) is 5.82. The summed E-state index contributed by atoms with van der Waals surface area (Å²) in [4.78, 5) is 19.0. The van der Waals surface area contributed by atoms with E-state index in [0.717, 1.165) is 40.5 Å². The van der Waals surface area contributed by atoms with E-state index < -0.39 is 0 Å². The third-order valence-corrected chi connectivity index (χ3v) is 4.12. The molecule has 0 radical (unpaired) electrons. The summed E-state index contributed by atoms with van der Waals surface area (Å²) in [5.74, 6) is 1.68. The second kappa shape index (κ2) is 6.28. The van der Waals surface area contributed by atoms with Gasteiger partial charge in [-0.05, 0) is 48.7 Å². The van der Waals surface area contributed by atoms with Crippen molar-refractivity contribution in [2.45, 2.75) is 20.3 Å². The summed E-state index contributed by atoms with van der Waals surface area (Å²) in [6.45, 7) is 5.36. The molecule has 2 aromatic rings. The van der Waals surface area contributed by atoms with Crippen molar-refractivity contribution in [1.29, 1.82) is 0 Å². The van der Waals surface area contributed by atoms with Crippen molar-refractivity contribution in [3.05, 3.63) is 47.2 Å². The zero-order valence-corrected chi connectivity index (χ0v) is 13.7. The predicted molar refractivity (Wildman–Crippen MR) is 91.3 cm³/mol. The third-order valence-electron chi connectivity index (χ3n) is 4.12. The van der Waals surface area contributed by atoms with Gasteiger partial charge >= 0.3 is 0 Å². The summed E-state index contributed by atoms with van der Waals surface area (Å²) in [6.07, 6.45) is 2.19. The van der Waals surface area contributed by atoms with E-state index >= 15 is 0 Å². The van der Waals surface area contributed by atoms with Crippen molar-refractivity contribution in [1.82, 2.24) is 4.98 Å². The quantitative estimate of drug-likeness (QED) is 0.947. The van der Waals surface area contributed by atoms with Crippen LogP contribution in [0.15, 0.2) is 30.5 Å². The van der Waals surface area contributed by atoms with Gasteiger partial charge in [-0.25, -0.2) is 4.98 Å². The van der Waals surface area contributed by atoms with E-state index in [1.807, 2.05) is 49.2 Å². The fraction of sp³-hybridized carbons (Fsp3) is 0.333. The number of pyridine rings is 1. The van der Waals surface area contributed by atoms with Crippen LogP contribution < -0.4 is 15.0 Å². The molecule has 1 N–H and O–H groups in total. The van der Waals surface area contributed by atoms with Gasteiger partial charge in [-0.3, -0.25) is 4.79 Å². The van der Waals surface area contributed by atoms with Gasteiger partial charge in [0.15, 0.2) is 0 Å². The van der Waals surface area contributed by atoms with E-state index in [1.54, 1.807) is 7.11 Å². The zero-order chi connectivity index (χ0) is 16.4. The first-order chi connectivity index (χ1) is 11.1. The van der Waals surface area contributed by atoms with Gasteiger partial charge in [-0.2, -0.15) is 0 Å². The van der Waals surface area contributed by atoms with Crippen molar-refractivity contribution in [3.63, 3.8) is 0 Å². The number of nitrogens with one attached hydrogen (secondary N) is 1. The first-order valence-corrected chi connectivity index (χ1v) is 7.73. The number of aromatic nitrogens is 1. The van der Waals surface area contributed by atoms with Gasteiger partial charge in [0.2, 0.25) is 5.91 Å². The Kier molecular flexibility index (Phi) is 4.19. The number of nitrogens with zero attached hydrogens (tertiary/aromatic N) is 2. The maximum Gasteiger partial charge on any atom is 0.231 e. The molecule has 0 fully saturated rings. The molecule has 1 aliphatic rings. The number of aryl methyl sites for hydroxylation is 2. The van der Waals surface area contributed by atoms with Crippen LogP contribution >= 0.6 is 0 Å². The Balaban J connectivity index is 1.84. The summed E-state index contributed by atoms with van der Waals surface area (Å²) < 4.78 is 5.22. The highest BCUT2D eigenvalue weighted by molar-refractivity contribution is 5.98. The number of carbonyl (C=O) groups excluding carboxylic acids is 1. The van der Waals surface area contributed by atoms with Crippen LogP contribution in [0.3, 0.4) is 0 Å². The summed E-state index contributed by atoms with van der Waals surface area (Å²) in [5, 5.41) is 3.24. The van der Waals surface area contributed by atoms with Crippen molar-refractivity contribution in [3.8, 4) is 5.75 Å². The van der Waals surface area contributed by atoms with Crippen LogP contribution in [0.25, 0.3) is 0 Å². The Morgan fingerprint density at radius 2 is 2.17 bits per heavy atom. The number of fused-ring (bicyclic) bond motifs is 1. The molecular formula is C18H21N3O2. The SMILES string of the molecule is COc1ccc(CC(=O)N2CCNc3ncc(C)cc32)c(C)c1. The monoisotopic (exact) mass is 311 g/mol. The molecular weight excluding hydrogens is 290 g/mol. The van der Waals surface area contributed by atoms with Crippen molar-refractivity contribution in [2.24, 2.45) is 0 Å². The highest BCUT2D eigenvalue weighted by atomic mass is 16.5. The summed E-state index contributed by atoms with van der Waals surface area (Å²) >= 11 is 0. The topological polar surface area (TPSA) is 54.5 Å². The Hall–Kier alpha value is -2.56. The van der Waals surface area contributed by atoms with Gasteiger partial charge in [-0.1, -0.05) is 6.07 Å². The maximum atomic E-state index is 12.8. The number of hydrogen-bond acceptors (Lipinski definition) is 4. The van der Waals surface area contributed by atoms with Gasteiger partial charge in [0.25, 0.3) is 0 Å². The largest absolute Gasteiger partial charge is 0.497 e. The Morgan fingerprint density at radius 1 is 1.35 bits per heavy atom. The molecule has 0 spiro atoms. The van der Waals surface area contributed by atoms with E-state index in [-0.39, 0.29) is 5.91 Å². The van der Waals surface area contributed by atoms with Gasteiger partial charge in [0.05, 0.1) is 19.2 Å². The lowest BCUT2D eigenvalue weighted by Gasteiger charge is -2.30. The lowest BCUT2D eigenvalue weighted by molar-refractivity contribution is -0.118. The van der Waals surface area contributed by atoms with Gasteiger partial charge in [-0.15, -0.1) is 0 Å². The molecule has 0 aliphatic carbocycles. The molecule has 5 nitrogen and oxygen atoms in total. The molecule has 5 heteroatoms. The summed E-state index contributed by atoms with van der Waals surface area (Å²) in [7, 11) is 1.65. The number of hydrogen-bond donors (Lipinski definition) is 1. The van der Waals surface area contributed by atoms with Crippen molar-refractivity contribution >= 4 is 17.4 Å². The number of benzene rings is 1. The second-order valence-corrected chi connectivity index (χ2v) is 5.82. The molecule has 0 atom stereocenters. The number of anilines is 2. The molecule has 2 heterocycles. The standard InChI is InChI=1S/C18H21N3O2/c1-12-8-16-18(20-11-12)19-6-7-21(16)17(22)10-14-4-5-15(23-3)9-13(14)2/h4-5,8-9,11H,6-7,10H2,1-3H3,(H,19,20). The first kappa shape index (κ1) is 15.3. The number of rotatable bonds is 3. The Bertz CT molecular complexity index is 743. The van der Waals surface area contributed by atoms with Crippen LogP contribution in [0.2, 0.25) is 0 Å². The number of carbonyl (C=O) groups is 1. The van der Waals surface area contributed by atoms with E-state index in [9.17, 15) is 4.79 Å². The van der Waals surface area contributed by atoms with Crippen LogP contribution in [-0.4, -0.2) is 31.1 Å². The number of ether oxygens (including phenoxy) is 1. The van der Waals surface area contributed by atoms with Crippen LogP contribution in [0.1, 0.15) is 16.7 Å². The minimum atomic E-state index is 0.0911. The van der Waals surface area contributed by atoms with E-state index in [1.165, 1.54) is 0 Å². The lowest BCUT2D eigenvalue weighted by atomic mass is 10.0. The van der Waals surface area contributed by atoms with E-state index in [2.05, 4.69) is 10.3 Å². The van der Waals surface area contributed by atoms with Gasteiger partial charge in [0.1, 0.15) is 11.6 Å². The maximum absolute atomic E-state index is 12.8. The lowest BCUT2D eigenvalue weighted by Crippen LogP contribution is -2.40. The van der Waals surface area contributed by atoms with Gasteiger partial charge < -0.3 is 15.0 Å². The summed E-state index contributed by atoms with van der Waals surface area (Å²) in [6, 6.07) is 7.82. The van der Waals surface area contributed by atoms with E-state index in [4.69, 9.17) is 4.74 Å². The van der Waals surface area contributed by atoms with Crippen LogP contribution in [0.5, 0.6) is 5.75 Å². The third kappa shape index (κ3) is 3.13. The Labute approximate surface area is 136 Å². The van der Waals surface area contributed by atoms with Crippen LogP contribution in [-0.2, 0) is 11.2 Å². The molecule has 0 saturated heterocycles. The van der Waals surface area contributed by atoms with Crippen molar-refractivity contribution in [2.75, 3.05) is 30.4 Å². The average molecular weight is 311 g/mol. The molecule has 0 unspecified atom stereocenters. The fourth-order valence-electron chi connectivity index (χ4n) is 2.81. The predicted octanol–water partition coefficient (Wildman–Crippen LogP) is 2.71. The van der Waals surface area contributed by atoms with Crippen LogP contribution in [0.4, 0.5) is 11.5 Å². The molecule has 3 rings (SSSR count). The smallest absolute Gasteiger partial charge is 0.231 e. The van der Waals surface area contributed by atoms with Gasteiger partial charge in [0, 0.05) is 19.3 Å². The first-order valence-electron chi connectivity index (χ1n) is 7.73. The fourth-order valence-corrected chi connectivity index (χ4v) is 2.81. The molecule has 0 bridgehead atoms. The minimum Gasteiger partial charge on any atom is -0.497 e. The molecule has 120 valence electrons. The Morgan fingerprint density at radius 3 is 2.91 bits per heavy atom. The highest BCUT2D eigenvalue weighted by Crippen LogP contribution is 2.28. The molecule has 1 amide bonds. The highest BCUT2D eigenvalue weighted by Gasteiger charge is 2.23. The minimum absolute atomic E-state index is 0.0911. The molecule has 1 aromatic carbocycles. The molecule has 1 aliphatic heterocycles. The van der Waals surface area contributed by atoms with Crippen molar-refractivity contribution < 1.29 is 9.53 Å². The molecule has 0 saturated carbocycles. The number of methoxy groups -OCH3 is 1. The van der Waals surface area contributed by atoms with E-state index in [0.29, 0.717) is 13.0 Å². The zero-order valence-electron chi connectivity index (χ0n) is 13.7. The summed E-state index contributed by atoms with van der Waals surface area (Å²) in [5.41, 5.74) is 4.00. The normalized spacial score (nSPS) is 13.3. The number of amides is 1. The molecule has 1 aromatic heterocycles.